The molecule has 0 aromatic heterocycles. The van der Waals surface area contributed by atoms with Crippen molar-refractivity contribution in [2.75, 3.05) is 20.3 Å². The highest BCUT2D eigenvalue weighted by Crippen LogP contribution is 2.16. The lowest BCUT2D eigenvalue weighted by Crippen LogP contribution is -2.41. The maximum Gasteiger partial charge on any atom is 0.222 e. The Morgan fingerprint density at radius 2 is 2.00 bits per heavy atom. The molecule has 2 atom stereocenters. The molecule has 1 aromatic rings. The Balaban J connectivity index is 2.49. The number of nitrogens with zero attached hydrogens (tertiary/aromatic N) is 1. The van der Waals surface area contributed by atoms with Crippen LogP contribution in [0, 0.1) is 0 Å². The van der Waals surface area contributed by atoms with E-state index in [1.807, 2.05) is 49.1 Å². The minimum absolute atomic E-state index is 0.0865. The van der Waals surface area contributed by atoms with Crippen molar-refractivity contribution in [2.45, 2.75) is 38.8 Å². The van der Waals surface area contributed by atoms with Crippen LogP contribution >= 0.6 is 0 Å². The maximum atomic E-state index is 12.2. The summed E-state index contributed by atoms with van der Waals surface area (Å²) >= 11 is 0. The molecule has 1 aromatic carbocycles. The molecule has 4 nitrogen and oxygen atoms in total. The van der Waals surface area contributed by atoms with E-state index in [9.17, 15) is 4.79 Å². The number of amides is 1. The highest BCUT2D eigenvalue weighted by atomic mass is 16.5. The summed E-state index contributed by atoms with van der Waals surface area (Å²) in [5.74, 6) is 0.142. The summed E-state index contributed by atoms with van der Waals surface area (Å²) in [5.41, 5.74) is 7.20. The molecule has 20 heavy (non-hydrogen) atoms. The van der Waals surface area contributed by atoms with Gasteiger partial charge in [-0.05, 0) is 25.8 Å². The number of likely N-dealkylation sites (N-methyl/N-ethyl adjacent to an activating group) is 1. The van der Waals surface area contributed by atoms with Gasteiger partial charge in [0.05, 0.1) is 12.6 Å². The van der Waals surface area contributed by atoms with Gasteiger partial charge in [0.15, 0.2) is 0 Å². The van der Waals surface area contributed by atoms with E-state index in [-0.39, 0.29) is 18.0 Å². The normalized spacial score (nSPS) is 13.8. The molecule has 1 amide bonds. The van der Waals surface area contributed by atoms with E-state index >= 15 is 0 Å². The second-order valence-corrected chi connectivity index (χ2v) is 5.04. The van der Waals surface area contributed by atoms with Crippen LogP contribution in [-0.4, -0.2) is 37.1 Å². The number of hydrogen-bond donors (Lipinski definition) is 1. The van der Waals surface area contributed by atoms with E-state index in [4.69, 9.17) is 10.5 Å². The third-order valence-corrected chi connectivity index (χ3v) is 3.50. The average molecular weight is 278 g/mol. The Bertz CT molecular complexity index is 395. The van der Waals surface area contributed by atoms with E-state index in [1.165, 1.54) is 0 Å². The van der Waals surface area contributed by atoms with Crippen molar-refractivity contribution in [3.63, 3.8) is 0 Å². The number of rotatable bonds is 8. The van der Waals surface area contributed by atoms with Crippen molar-refractivity contribution >= 4 is 5.91 Å². The summed E-state index contributed by atoms with van der Waals surface area (Å²) in [5, 5.41) is 0. The Morgan fingerprint density at radius 3 is 2.55 bits per heavy atom. The van der Waals surface area contributed by atoms with Crippen molar-refractivity contribution in [3.05, 3.63) is 35.9 Å². The maximum absolute atomic E-state index is 12.2. The Hall–Kier alpha value is -1.39. The van der Waals surface area contributed by atoms with Crippen LogP contribution in [0.5, 0.6) is 0 Å². The number of carbonyl (C=O) groups excluding carboxylic acids is 1. The largest absolute Gasteiger partial charge is 0.383 e. The molecule has 4 heteroatoms. The van der Waals surface area contributed by atoms with Crippen LogP contribution in [0.1, 0.15) is 38.3 Å². The molecule has 2 unspecified atom stereocenters. The summed E-state index contributed by atoms with van der Waals surface area (Å²) < 4.78 is 5.11. The first-order chi connectivity index (χ1) is 9.60. The van der Waals surface area contributed by atoms with Crippen LogP contribution < -0.4 is 5.73 Å². The molecule has 0 saturated heterocycles. The minimum Gasteiger partial charge on any atom is -0.383 e. The lowest BCUT2D eigenvalue weighted by atomic mass is 10.0. The molecule has 0 aliphatic heterocycles. The van der Waals surface area contributed by atoms with Crippen LogP contribution in [0.2, 0.25) is 0 Å². The predicted octanol–water partition coefficient (Wildman–Crippen LogP) is 2.35. The number of ether oxygens (including phenoxy) is 1. The molecule has 0 fully saturated rings. The molecule has 0 aliphatic rings. The fourth-order valence-electron chi connectivity index (χ4n) is 2.35. The van der Waals surface area contributed by atoms with Gasteiger partial charge in [-0.3, -0.25) is 4.79 Å². The van der Waals surface area contributed by atoms with Crippen LogP contribution in [0.3, 0.4) is 0 Å². The standard InChI is InChI=1S/C16H26N2O2/c1-4-18(13(2)12-20-3)16(19)11-10-15(17)14-8-6-5-7-9-14/h5-9,13,15H,4,10-12,17H2,1-3H3. The van der Waals surface area contributed by atoms with Crippen molar-refractivity contribution in [3.8, 4) is 0 Å². The quantitative estimate of drug-likeness (QED) is 0.794. The highest BCUT2D eigenvalue weighted by Gasteiger charge is 2.19. The van der Waals surface area contributed by atoms with Crippen molar-refractivity contribution in [1.82, 2.24) is 4.90 Å². The van der Waals surface area contributed by atoms with Gasteiger partial charge in [0, 0.05) is 26.1 Å². The zero-order chi connectivity index (χ0) is 15.0. The number of nitrogens with two attached hydrogens (primary N) is 1. The van der Waals surface area contributed by atoms with Crippen molar-refractivity contribution < 1.29 is 9.53 Å². The summed E-state index contributed by atoms with van der Waals surface area (Å²) in [6.45, 7) is 5.25. The van der Waals surface area contributed by atoms with Crippen LogP contribution in [0.15, 0.2) is 30.3 Å². The first kappa shape index (κ1) is 16.7. The van der Waals surface area contributed by atoms with Gasteiger partial charge in [-0.25, -0.2) is 0 Å². The van der Waals surface area contributed by atoms with Crippen molar-refractivity contribution in [1.29, 1.82) is 0 Å². The first-order valence-corrected chi connectivity index (χ1v) is 7.19. The van der Waals surface area contributed by atoms with E-state index < -0.39 is 0 Å². The Labute approximate surface area is 121 Å². The number of carbonyl (C=O) groups is 1. The van der Waals surface area contributed by atoms with Crippen LogP contribution in [0.25, 0.3) is 0 Å². The first-order valence-electron chi connectivity index (χ1n) is 7.19. The topological polar surface area (TPSA) is 55.6 Å². The number of benzene rings is 1. The third-order valence-electron chi connectivity index (χ3n) is 3.50. The molecule has 0 radical (unpaired) electrons. The average Bonchev–Trinajstić information content (AvgIpc) is 2.46. The molecule has 0 aliphatic carbocycles. The van der Waals surface area contributed by atoms with Crippen molar-refractivity contribution in [2.24, 2.45) is 5.73 Å². The number of hydrogen-bond acceptors (Lipinski definition) is 3. The summed E-state index contributed by atoms with van der Waals surface area (Å²) in [6, 6.07) is 9.92. The van der Waals surface area contributed by atoms with Gasteiger partial charge < -0.3 is 15.4 Å². The van der Waals surface area contributed by atoms with Gasteiger partial charge in [-0.2, -0.15) is 0 Å². The van der Waals surface area contributed by atoms with Gasteiger partial charge in [0.1, 0.15) is 0 Å². The Morgan fingerprint density at radius 1 is 1.35 bits per heavy atom. The van der Waals surface area contributed by atoms with Crippen LogP contribution in [-0.2, 0) is 9.53 Å². The predicted molar refractivity (Wildman–Crippen MR) is 81.3 cm³/mol. The Kier molecular flexibility index (Phi) is 7.26. The van der Waals surface area contributed by atoms with E-state index in [0.29, 0.717) is 26.0 Å². The minimum atomic E-state index is -0.0865. The third kappa shape index (κ3) is 4.94. The summed E-state index contributed by atoms with van der Waals surface area (Å²) in [6.07, 6.45) is 1.14. The number of methoxy groups -OCH3 is 1. The van der Waals surface area contributed by atoms with E-state index in [1.54, 1.807) is 7.11 Å². The molecule has 112 valence electrons. The zero-order valence-corrected chi connectivity index (χ0v) is 12.7. The van der Waals surface area contributed by atoms with Crippen LogP contribution in [0.4, 0.5) is 0 Å². The second-order valence-electron chi connectivity index (χ2n) is 5.04. The van der Waals surface area contributed by atoms with E-state index in [2.05, 4.69) is 0 Å². The lowest BCUT2D eigenvalue weighted by Gasteiger charge is -2.28. The second kappa shape index (κ2) is 8.72. The molecule has 2 N–H and O–H groups in total. The highest BCUT2D eigenvalue weighted by molar-refractivity contribution is 5.76. The van der Waals surface area contributed by atoms with Gasteiger partial charge in [0.25, 0.3) is 0 Å². The van der Waals surface area contributed by atoms with Gasteiger partial charge in [0.2, 0.25) is 5.91 Å². The fourth-order valence-corrected chi connectivity index (χ4v) is 2.35. The molecule has 1 rings (SSSR count). The smallest absolute Gasteiger partial charge is 0.222 e. The molecule has 0 saturated carbocycles. The monoisotopic (exact) mass is 278 g/mol. The molecular weight excluding hydrogens is 252 g/mol. The summed E-state index contributed by atoms with van der Waals surface area (Å²) in [4.78, 5) is 14.1. The lowest BCUT2D eigenvalue weighted by molar-refractivity contribution is -0.134. The van der Waals surface area contributed by atoms with E-state index in [0.717, 1.165) is 5.56 Å². The molecule has 0 spiro atoms. The zero-order valence-electron chi connectivity index (χ0n) is 12.7. The molecule has 0 bridgehead atoms. The molecule has 0 heterocycles. The summed E-state index contributed by atoms with van der Waals surface area (Å²) in [7, 11) is 1.65. The fraction of sp³-hybridized carbons (Fsp3) is 0.562. The van der Waals surface area contributed by atoms with Gasteiger partial charge >= 0.3 is 0 Å². The SMILES string of the molecule is CCN(C(=O)CCC(N)c1ccccc1)C(C)COC. The van der Waals surface area contributed by atoms with Gasteiger partial charge in [-0.1, -0.05) is 30.3 Å². The molecular formula is C16H26N2O2. The van der Waals surface area contributed by atoms with Gasteiger partial charge in [-0.15, -0.1) is 0 Å².